The van der Waals surface area contributed by atoms with E-state index in [-0.39, 0.29) is 6.04 Å². The van der Waals surface area contributed by atoms with Crippen LogP contribution in [0.4, 0.5) is 5.69 Å². The van der Waals surface area contributed by atoms with E-state index in [4.69, 9.17) is 11.6 Å². The zero-order chi connectivity index (χ0) is 22.8. The second kappa shape index (κ2) is 7.63. The number of fused-ring (bicyclic) bond motifs is 9. The zero-order valence-electron chi connectivity index (χ0n) is 18.2. The maximum Gasteiger partial charge on any atom is 0.100 e. The molecule has 0 amide bonds. The highest BCUT2D eigenvalue weighted by Crippen LogP contribution is 2.50. The fourth-order valence-corrected chi connectivity index (χ4v) is 6.11. The molecule has 0 radical (unpaired) electrons. The standard InChI is InChI=1S/C30H20BrClN2/c31-21-10-12-26-24(17-21)25-15-20-14-22(32)11-13-27(20)34-28(18-6-2-1-3-7-18)16-19-8-4-5-9-23(19)30(34)29(25)33-26/h1-14,16-17,30,33H,15H2. The molecule has 0 spiro atoms. The van der Waals surface area contributed by atoms with Crippen molar-refractivity contribution in [3.8, 4) is 0 Å². The Labute approximate surface area is 211 Å². The third kappa shape index (κ3) is 3.01. The largest absolute Gasteiger partial charge is 0.356 e. The van der Waals surface area contributed by atoms with Crippen LogP contribution in [0.25, 0.3) is 22.7 Å². The van der Waals surface area contributed by atoms with Crippen LogP contribution in [0.15, 0.2) is 95.5 Å². The third-order valence-corrected chi connectivity index (χ3v) is 7.74. The summed E-state index contributed by atoms with van der Waals surface area (Å²) in [7, 11) is 0. The zero-order valence-corrected chi connectivity index (χ0v) is 20.6. The Bertz CT molecular complexity index is 1620. The topological polar surface area (TPSA) is 19.0 Å². The molecule has 0 bridgehead atoms. The van der Waals surface area contributed by atoms with E-state index < -0.39 is 0 Å². The van der Waals surface area contributed by atoms with Gasteiger partial charge in [0.1, 0.15) is 6.04 Å². The van der Waals surface area contributed by atoms with E-state index >= 15 is 0 Å². The number of nitrogens with one attached hydrogen (secondary N) is 1. The summed E-state index contributed by atoms with van der Waals surface area (Å²) in [5.74, 6) is 0. The van der Waals surface area contributed by atoms with Crippen molar-refractivity contribution in [2.24, 2.45) is 0 Å². The molecule has 34 heavy (non-hydrogen) atoms. The molecule has 1 N–H and O–H groups in total. The van der Waals surface area contributed by atoms with Gasteiger partial charge in [-0.05, 0) is 70.3 Å². The van der Waals surface area contributed by atoms with Gasteiger partial charge in [0.05, 0.1) is 0 Å². The number of hydrogen-bond donors (Lipinski definition) is 1. The number of rotatable bonds is 1. The Morgan fingerprint density at radius 2 is 1.71 bits per heavy atom. The molecule has 164 valence electrons. The lowest BCUT2D eigenvalue weighted by atomic mass is 9.89. The molecule has 7 rings (SSSR count). The van der Waals surface area contributed by atoms with Crippen molar-refractivity contribution in [2.45, 2.75) is 12.5 Å². The summed E-state index contributed by atoms with van der Waals surface area (Å²) in [5.41, 5.74) is 11.1. The second-order valence-electron chi connectivity index (χ2n) is 8.95. The molecule has 0 aliphatic carbocycles. The molecule has 2 nitrogen and oxygen atoms in total. The smallest absolute Gasteiger partial charge is 0.100 e. The minimum atomic E-state index is 0.0278. The summed E-state index contributed by atoms with van der Waals surface area (Å²) in [5, 5.41) is 2.02. The van der Waals surface area contributed by atoms with Crippen molar-refractivity contribution in [3.05, 3.63) is 134 Å². The fourth-order valence-electron chi connectivity index (χ4n) is 5.56. The van der Waals surface area contributed by atoms with Crippen LogP contribution in [-0.4, -0.2) is 4.98 Å². The molecule has 5 aromatic rings. The van der Waals surface area contributed by atoms with Crippen molar-refractivity contribution in [1.82, 2.24) is 4.98 Å². The minimum absolute atomic E-state index is 0.0278. The van der Waals surface area contributed by atoms with E-state index in [0.29, 0.717) is 0 Å². The van der Waals surface area contributed by atoms with Gasteiger partial charge in [0, 0.05) is 43.9 Å². The molecule has 1 unspecified atom stereocenters. The van der Waals surface area contributed by atoms with Gasteiger partial charge in [-0.15, -0.1) is 0 Å². The van der Waals surface area contributed by atoms with Gasteiger partial charge in [-0.3, -0.25) is 0 Å². The Kier molecular flexibility index (Phi) is 4.52. The first-order valence-corrected chi connectivity index (χ1v) is 12.6. The summed E-state index contributed by atoms with van der Waals surface area (Å²) in [6, 6.07) is 32.3. The van der Waals surface area contributed by atoms with Crippen LogP contribution in [0.1, 0.15) is 39.6 Å². The normalized spacial score (nSPS) is 16.2. The van der Waals surface area contributed by atoms with Crippen molar-refractivity contribution in [1.29, 1.82) is 0 Å². The van der Waals surface area contributed by atoms with E-state index in [1.807, 2.05) is 6.07 Å². The molecular weight excluding hydrogens is 504 g/mol. The van der Waals surface area contributed by atoms with Gasteiger partial charge in [-0.25, -0.2) is 0 Å². The molecule has 1 aromatic heterocycles. The summed E-state index contributed by atoms with van der Waals surface area (Å²) in [4.78, 5) is 6.32. The molecule has 2 aliphatic rings. The first kappa shape index (κ1) is 20.1. The van der Waals surface area contributed by atoms with E-state index in [2.05, 4.69) is 117 Å². The third-order valence-electron chi connectivity index (χ3n) is 7.01. The number of nitrogens with zero attached hydrogens (tertiary/aromatic N) is 1. The van der Waals surface area contributed by atoms with Crippen molar-refractivity contribution in [3.63, 3.8) is 0 Å². The lowest BCUT2D eigenvalue weighted by Crippen LogP contribution is -2.31. The average Bonchev–Trinajstić information content (AvgIpc) is 3.13. The van der Waals surface area contributed by atoms with Crippen molar-refractivity contribution in [2.75, 3.05) is 4.90 Å². The van der Waals surface area contributed by atoms with Gasteiger partial charge in [-0.2, -0.15) is 0 Å². The molecule has 2 aliphatic heterocycles. The second-order valence-corrected chi connectivity index (χ2v) is 10.3. The monoisotopic (exact) mass is 522 g/mol. The van der Waals surface area contributed by atoms with Crippen molar-refractivity contribution >= 4 is 55.9 Å². The Morgan fingerprint density at radius 3 is 2.59 bits per heavy atom. The SMILES string of the molecule is Clc1ccc2c(c1)Cc1c([nH]c3ccc(Br)cc13)C1c3ccccc3C=C(c3ccccc3)N21. The fraction of sp³-hybridized carbons (Fsp3) is 0.0667. The summed E-state index contributed by atoms with van der Waals surface area (Å²) >= 11 is 10.2. The van der Waals surface area contributed by atoms with E-state index in [1.54, 1.807) is 0 Å². The number of hydrogen-bond acceptors (Lipinski definition) is 1. The van der Waals surface area contributed by atoms with Crippen molar-refractivity contribution < 1.29 is 0 Å². The summed E-state index contributed by atoms with van der Waals surface area (Å²) in [6.45, 7) is 0. The van der Waals surface area contributed by atoms with Crippen LogP contribution in [-0.2, 0) is 6.42 Å². The number of H-pyrrole nitrogens is 1. The average molecular weight is 524 g/mol. The maximum atomic E-state index is 6.54. The van der Waals surface area contributed by atoms with E-state index in [9.17, 15) is 0 Å². The predicted molar refractivity (Wildman–Crippen MR) is 145 cm³/mol. The lowest BCUT2D eigenvalue weighted by molar-refractivity contribution is 0.794. The molecule has 0 saturated heterocycles. The number of benzene rings is 4. The van der Waals surface area contributed by atoms with Crippen LogP contribution < -0.4 is 4.90 Å². The van der Waals surface area contributed by atoms with Crippen LogP contribution in [0.3, 0.4) is 0 Å². The number of aromatic nitrogens is 1. The maximum absolute atomic E-state index is 6.54. The van der Waals surface area contributed by atoms with E-state index in [0.717, 1.165) is 21.4 Å². The molecular formula is C30H20BrClN2. The minimum Gasteiger partial charge on any atom is -0.356 e. The molecule has 1 atom stereocenters. The highest BCUT2D eigenvalue weighted by Gasteiger charge is 2.37. The Hall–Kier alpha value is -3.27. The van der Waals surface area contributed by atoms with Crippen LogP contribution in [0.2, 0.25) is 5.02 Å². The number of halogens is 2. The molecule has 3 heterocycles. The Balaban J connectivity index is 1.60. The lowest BCUT2D eigenvalue weighted by Gasteiger charge is -2.39. The van der Waals surface area contributed by atoms with Crippen LogP contribution in [0, 0.1) is 0 Å². The predicted octanol–water partition coefficient (Wildman–Crippen LogP) is 8.60. The van der Waals surface area contributed by atoms with Gasteiger partial charge in [0.15, 0.2) is 0 Å². The first-order valence-electron chi connectivity index (χ1n) is 11.4. The first-order chi connectivity index (χ1) is 16.7. The molecule has 0 saturated carbocycles. The van der Waals surface area contributed by atoms with Gasteiger partial charge in [-0.1, -0.05) is 82.1 Å². The molecule has 4 heteroatoms. The number of anilines is 1. The van der Waals surface area contributed by atoms with Crippen LogP contribution in [0.5, 0.6) is 0 Å². The van der Waals surface area contributed by atoms with E-state index in [1.165, 1.54) is 50.3 Å². The van der Waals surface area contributed by atoms with Crippen LogP contribution >= 0.6 is 27.5 Å². The summed E-state index contributed by atoms with van der Waals surface area (Å²) in [6.07, 6.45) is 3.14. The quantitative estimate of drug-likeness (QED) is 0.233. The highest BCUT2D eigenvalue weighted by atomic mass is 79.9. The molecule has 4 aromatic carbocycles. The number of aromatic amines is 1. The highest BCUT2D eigenvalue weighted by molar-refractivity contribution is 9.10. The van der Waals surface area contributed by atoms with Gasteiger partial charge >= 0.3 is 0 Å². The molecule has 0 fully saturated rings. The van der Waals surface area contributed by atoms with Gasteiger partial charge in [0.25, 0.3) is 0 Å². The van der Waals surface area contributed by atoms with Gasteiger partial charge in [0.2, 0.25) is 0 Å². The summed E-state index contributed by atoms with van der Waals surface area (Å²) < 4.78 is 1.09. The van der Waals surface area contributed by atoms with Gasteiger partial charge < -0.3 is 9.88 Å². The Morgan fingerprint density at radius 1 is 0.882 bits per heavy atom.